The van der Waals surface area contributed by atoms with Gasteiger partial charge in [0.25, 0.3) is 11.8 Å². The Morgan fingerprint density at radius 3 is 2.50 bits per heavy atom. The van der Waals surface area contributed by atoms with Gasteiger partial charge in [-0.25, -0.2) is 4.90 Å². The standard InChI is InChI=1S/C13H8N2O3/c16-10-3-1-2-8-9(6-7-14-13(8)10)15-11(17)4-5-12(15)18/h1-7,16H. The van der Waals surface area contributed by atoms with Gasteiger partial charge < -0.3 is 5.11 Å². The van der Waals surface area contributed by atoms with Crippen LogP contribution in [0.3, 0.4) is 0 Å². The molecule has 88 valence electrons. The summed E-state index contributed by atoms with van der Waals surface area (Å²) < 4.78 is 0. The monoisotopic (exact) mass is 240 g/mol. The fraction of sp³-hybridized carbons (Fsp3) is 0. The molecule has 5 heteroatoms. The lowest BCUT2D eigenvalue weighted by Crippen LogP contribution is -2.29. The zero-order chi connectivity index (χ0) is 12.7. The smallest absolute Gasteiger partial charge is 0.258 e. The average molecular weight is 240 g/mol. The number of phenolic OH excluding ortho intramolecular Hbond substituents is 1. The fourth-order valence-corrected chi connectivity index (χ4v) is 1.98. The SMILES string of the molecule is O=C1C=CC(=O)N1c1ccnc2c(O)cccc12. The van der Waals surface area contributed by atoms with Crippen LogP contribution in [0.1, 0.15) is 0 Å². The third kappa shape index (κ3) is 1.37. The molecule has 0 unspecified atom stereocenters. The van der Waals surface area contributed by atoms with Crippen molar-refractivity contribution < 1.29 is 14.7 Å². The Hall–Kier alpha value is -2.69. The first kappa shape index (κ1) is 10.5. The van der Waals surface area contributed by atoms with Crippen LogP contribution in [0.15, 0.2) is 42.6 Å². The summed E-state index contributed by atoms with van der Waals surface area (Å²) in [6.07, 6.45) is 3.89. The number of aromatic hydroxyl groups is 1. The first-order valence-electron chi connectivity index (χ1n) is 5.31. The number of imide groups is 1. The van der Waals surface area contributed by atoms with E-state index in [4.69, 9.17) is 0 Å². The van der Waals surface area contributed by atoms with Crippen LogP contribution in [-0.2, 0) is 9.59 Å². The second-order valence-electron chi connectivity index (χ2n) is 3.85. The van der Waals surface area contributed by atoms with Crippen LogP contribution in [0.25, 0.3) is 10.9 Å². The number of pyridine rings is 1. The van der Waals surface area contributed by atoms with Gasteiger partial charge in [-0.2, -0.15) is 0 Å². The van der Waals surface area contributed by atoms with Gasteiger partial charge >= 0.3 is 0 Å². The summed E-state index contributed by atoms with van der Waals surface area (Å²) in [7, 11) is 0. The number of amides is 2. The molecule has 0 bridgehead atoms. The zero-order valence-electron chi connectivity index (χ0n) is 9.20. The number of hydrogen-bond acceptors (Lipinski definition) is 4. The number of hydrogen-bond donors (Lipinski definition) is 1. The van der Waals surface area contributed by atoms with Gasteiger partial charge in [0.15, 0.2) is 0 Å². The first-order valence-corrected chi connectivity index (χ1v) is 5.31. The Kier molecular flexibility index (Phi) is 2.13. The molecule has 2 amide bonds. The number of rotatable bonds is 1. The Morgan fingerprint density at radius 1 is 1.06 bits per heavy atom. The lowest BCUT2D eigenvalue weighted by Gasteiger charge is -2.16. The summed E-state index contributed by atoms with van der Waals surface area (Å²) in [4.78, 5) is 28.4. The van der Waals surface area contributed by atoms with Crippen molar-refractivity contribution in [3.8, 4) is 5.75 Å². The van der Waals surface area contributed by atoms with Gasteiger partial charge in [-0.05, 0) is 12.1 Å². The van der Waals surface area contributed by atoms with Crippen molar-refractivity contribution in [2.75, 3.05) is 4.90 Å². The molecule has 0 radical (unpaired) electrons. The van der Waals surface area contributed by atoms with E-state index >= 15 is 0 Å². The first-order chi connectivity index (χ1) is 8.68. The minimum absolute atomic E-state index is 0.0152. The van der Waals surface area contributed by atoms with Gasteiger partial charge in [0, 0.05) is 23.7 Å². The van der Waals surface area contributed by atoms with Crippen LogP contribution in [-0.4, -0.2) is 21.9 Å². The maximum Gasteiger partial charge on any atom is 0.258 e. The lowest BCUT2D eigenvalue weighted by atomic mass is 10.1. The molecule has 18 heavy (non-hydrogen) atoms. The number of phenols is 1. The number of nitrogens with zero attached hydrogens (tertiary/aromatic N) is 2. The van der Waals surface area contributed by atoms with Crippen molar-refractivity contribution in [1.82, 2.24) is 4.98 Å². The van der Waals surface area contributed by atoms with Crippen molar-refractivity contribution in [2.45, 2.75) is 0 Å². The number of para-hydroxylation sites is 1. The average Bonchev–Trinajstić information content (AvgIpc) is 2.69. The topological polar surface area (TPSA) is 70.5 Å². The molecule has 2 aromatic rings. The Morgan fingerprint density at radius 2 is 1.78 bits per heavy atom. The Bertz CT molecular complexity index is 688. The summed E-state index contributed by atoms with van der Waals surface area (Å²) in [5, 5.41) is 10.3. The van der Waals surface area contributed by atoms with Crippen LogP contribution in [0.4, 0.5) is 5.69 Å². The molecule has 1 aliphatic heterocycles. The third-order valence-corrected chi connectivity index (χ3v) is 2.78. The van der Waals surface area contributed by atoms with Gasteiger partial charge in [-0.3, -0.25) is 14.6 Å². The molecule has 2 heterocycles. The summed E-state index contributed by atoms with van der Waals surface area (Å²) in [5.41, 5.74) is 0.790. The minimum Gasteiger partial charge on any atom is -0.506 e. The summed E-state index contributed by atoms with van der Waals surface area (Å²) in [6, 6.07) is 6.42. The van der Waals surface area contributed by atoms with Gasteiger partial charge in [0.2, 0.25) is 0 Å². The number of benzene rings is 1. The van der Waals surface area contributed by atoms with Crippen molar-refractivity contribution >= 4 is 28.4 Å². The Balaban J connectivity index is 2.28. The highest BCUT2D eigenvalue weighted by atomic mass is 16.3. The fourth-order valence-electron chi connectivity index (χ4n) is 1.98. The van der Waals surface area contributed by atoms with Gasteiger partial charge in [0.05, 0.1) is 5.69 Å². The van der Waals surface area contributed by atoms with E-state index in [1.54, 1.807) is 18.2 Å². The summed E-state index contributed by atoms with van der Waals surface area (Å²) in [5.74, 6) is -0.770. The number of aromatic nitrogens is 1. The molecule has 1 aromatic heterocycles. The predicted molar refractivity (Wildman–Crippen MR) is 65.0 cm³/mol. The van der Waals surface area contributed by atoms with Crippen LogP contribution in [0.5, 0.6) is 5.75 Å². The molecule has 3 rings (SSSR count). The number of carbonyl (C=O) groups excluding carboxylic acids is 2. The molecule has 0 saturated heterocycles. The molecular formula is C13H8N2O3. The molecule has 5 nitrogen and oxygen atoms in total. The quantitative estimate of drug-likeness (QED) is 0.764. The lowest BCUT2D eigenvalue weighted by molar-refractivity contribution is -0.119. The highest BCUT2D eigenvalue weighted by molar-refractivity contribution is 6.30. The van der Waals surface area contributed by atoms with Gasteiger partial charge in [-0.1, -0.05) is 12.1 Å². The van der Waals surface area contributed by atoms with E-state index in [0.717, 1.165) is 4.90 Å². The van der Waals surface area contributed by atoms with E-state index in [0.29, 0.717) is 16.6 Å². The van der Waals surface area contributed by atoms with Crippen LogP contribution < -0.4 is 4.90 Å². The van der Waals surface area contributed by atoms with E-state index < -0.39 is 11.8 Å². The van der Waals surface area contributed by atoms with E-state index in [9.17, 15) is 14.7 Å². The van der Waals surface area contributed by atoms with Crippen LogP contribution in [0, 0.1) is 0 Å². The second-order valence-corrected chi connectivity index (χ2v) is 3.85. The van der Waals surface area contributed by atoms with Crippen LogP contribution in [0.2, 0.25) is 0 Å². The third-order valence-electron chi connectivity index (χ3n) is 2.78. The van der Waals surface area contributed by atoms with Crippen molar-refractivity contribution in [3.63, 3.8) is 0 Å². The maximum absolute atomic E-state index is 11.6. The molecular weight excluding hydrogens is 232 g/mol. The molecule has 1 N–H and O–H groups in total. The van der Waals surface area contributed by atoms with Crippen LogP contribution >= 0.6 is 0 Å². The van der Waals surface area contributed by atoms with E-state index in [1.165, 1.54) is 24.4 Å². The van der Waals surface area contributed by atoms with E-state index in [2.05, 4.69) is 4.98 Å². The number of fused-ring (bicyclic) bond motifs is 1. The molecule has 0 spiro atoms. The van der Waals surface area contributed by atoms with Crippen molar-refractivity contribution in [3.05, 3.63) is 42.6 Å². The van der Waals surface area contributed by atoms with Gasteiger partial charge in [0.1, 0.15) is 11.3 Å². The van der Waals surface area contributed by atoms with Gasteiger partial charge in [-0.15, -0.1) is 0 Å². The van der Waals surface area contributed by atoms with E-state index in [-0.39, 0.29) is 5.75 Å². The van der Waals surface area contributed by atoms with E-state index in [1.807, 2.05) is 0 Å². The number of carbonyl (C=O) groups is 2. The Labute approximate surface area is 102 Å². The largest absolute Gasteiger partial charge is 0.506 e. The highest BCUT2D eigenvalue weighted by Crippen LogP contribution is 2.31. The minimum atomic E-state index is -0.393. The normalized spacial score (nSPS) is 14.8. The predicted octanol–water partition coefficient (Wildman–Crippen LogP) is 1.37. The zero-order valence-corrected chi connectivity index (χ0v) is 9.20. The molecule has 0 fully saturated rings. The second kappa shape index (κ2) is 3.66. The highest BCUT2D eigenvalue weighted by Gasteiger charge is 2.26. The molecule has 1 aromatic carbocycles. The maximum atomic E-state index is 11.6. The molecule has 0 atom stereocenters. The van der Waals surface area contributed by atoms with Crippen molar-refractivity contribution in [2.24, 2.45) is 0 Å². The number of anilines is 1. The van der Waals surface area contributed by atoms with Crippen molar-refractivity contribution in [1.29, 1.82) is 0 Å². The summed E-state index contributed by atoms with van der Waals surface area (Å²) >= 11 is 0. The molecule has 0 saturated carbocycles. The molecule has 0 aliphatic carbocycles. The molecule has 1 aliphatic rings. The summed E-state index contributed by atoms with van der Waals surface area (Å²) in [6.45, 7) is 0.